The molecular formula is C32H20O10. The minimum atomic E-state index is -1.17. The van der Waals surface area contributed by atoms with E-state index < -0.39 is 23.5 Å². The van der Waals surface area contributed by atoms with Crippen molar-refractivity contribution in [3.8, 4) is 17.2 Å². The quantitative estimate of drug-likeness (QED) is 0.208. The highest BCUT2D eigenvalue weighted by Gasteiger charge is 2.36. The SMILES string of the molecule is O=C1OC2Oc3ccc(Cc4cc(=O)oc5ccc(O)cc45)cc3C(O)=C2C=C1Cc1cc(=O)oc2ccc(O)cc12. The lowest BCUT2D eigenvalue weighted by molar-refractivity contribution is -0.155. The summed E-state index contributed by atoms with van der Waals surface area (Å²) in [4.78, 5) is 37.2. The molecule has 0 saturated carbocycles. The average Bonchev–Trinajstić information content (AvgIpc) is 2.95. The Balaban J connectivity index is 1.26. The maximum atomic E-state index is 12.9. The van der Waals surface area contributed by atoms with Gasteiger partial charge in [-0.1, -0.05) is 6.07 Å². The van der Waals surface area contributed by atoms with Crippen LogP contribution in [0.1, 0.15) is 22.3 Å². The van der Waals surface area contributed by atoms with Gasteiger partial charge in [0.1, 0.15) is 34.2 Å². The van der Waals surface area contributed by atoms with Crippen LogP contribution in [0.15, 0.2) is 102 Å². The molecule has 0 spiro atoms. The van der Waals surface area contributed by atoms with E-state index >= 15 is 0 Å². The predicted octanol–water partition coefficient (Wildman–Crippen LogP) is 4.61. The van der Waals surface area contributed by atoms with Crippen molar-refractivity contribution < 1.29 is 38.4 Å². The number of aliphatic hydroxyl groups is 1. The third-order valence-corrected chi connectivity index (χ3v) is 7.27. The number of fused-ring (bicyclic) bond motifs is 4. The highest BCUT2D eigenvalue weighted by molar-refractivity contribution is 5.94. The number of carbonyl (C=O) groups excluding carboxylic acids is 1. The molecule has 10 heteroatoms. The van der Waals surface area contributed by atoms with Crippen LogP contribution in [0.25, 0.3) is 27.7 Å². The Morgan fingerprint density at radius 1 is 0.667 bits per heavy atom. The van der Waals surface area contributed by atoms with E-state index in [1.54, 1.807) is 18.2 Å². The van der Waals surface area contributed by atoms with Crippen LogP contribution in [-0.4, -0.2) is 27.6 Å². The van der Waals surface area contributed by atoms with E-state index in [1.807, 2.05) is 0 Å². The first kappa shape index (κ1) is 25.2. The molecule has 208 valence electrons. The molecule has 3 aromatic carbocycles. The normalized spacial score (nSPS) is 16.0. The molecule has 0 radical (unpaired) electrons. The van der Waals surface area contributed by atoms with Crippen molar-refractivity contribution in [2.75, 3.05) is 0 Å². The zero-order valence-corrected chi connectivity index (χ0v) is 21.6. The first-order valence-corrected chi connectivity index (χ1v) is 12.9. The smallest absolute Gasteiger partial charge is 0.337 e. The van der Waals surface area contributed by atoms with Crippen molar-refractivity contribution in [2.45, 2.75) is 19.1 Å². The first-order chi connectivity index (χ1) is 20.2. The topological polar surface area (TPSA) is 157 Å². The summed E-state index contributed by atoms with van der Waals surface area (Å²) in [6.45, 7) is 0. The second-order valence-electron chi connectivity index (χ2n) is 10.1. The number of hydrogen-bond acceptors (Lipinski definition) is 10. The Labute approximate surface area is 235 Å². The molecule has 2 aromatic heterocycles. The van der Waals surface area contributed by atoms with Crippen LogP contribution in [0.2, 0.25) is 0 Å². The summed E-state index contributed by atoms with van der Waals surface area (Å²) in [5, 5.41) is 32.2. The van der Waals surface area contributed by atoms with Crippen LogP contribution in [-0.2, 0) is 22.4 Å². The number of phenolic OH excluding ortho intramolecular Hbond substituents is 2. The van der Waals surface area contributed by atoms with Crippen LogP contribution in [0.5, 0.6) is 17.2 Å². The summed E-state index contributed by atoms with van der Waals surface area (Å²) in [5.41, 5.74) is 1.98. The van der Waals surface area contributed by atoms with Crippen molar-refractivity contribution >= 4 is 33.7 Å². The van der Waals surface area contributed by atoms with Gasteiger partial charge in [0.25, 0.3) is 6.29 Å². The predicted molar refractivity (Wildman–Crippen MR) is 149 cm³/mol. The van der Waals surface area contributed by atoms with Crippen molar-refractivity contribution in [3.63, 3.8) is 0 Å². The van der Waals surface area contributed by atoms with Gasteiger partial charge in [-0.25, -0.2) is 14.4 Å². The van der Waals surface area contributed by atoms with Crippen molar-refractivity contribution in [2.24, 2.45) is 0 Å². The van der Waals surface area contributed by atoms with E-state index in [0.717, 1.165) is 5.56 Å². The summed E-state index contributed by atoms with van der Waals surface area (Å²) >= 11 is 0. The zero-order chi connectivity index (χ0) is 29.1. The summed E-state index contributed by atoms with van der Waals surface area (Å²) in [5.74, 6) is -0.547. The standard InChI is InChI=1S/C32H20O10/c33-19-2-5-25-21(13-19)16(11-28(35)39-25)7-15-1-4-27-23(8-15)30(37)24-10-18(31(38)42-32(24)41-27)9-17-12-29(36)40-26-6-3-20(34)14-22(17)26/h1-6,8,10-14,32-34,37H,7,9H2. The van der Waals surface area contributed by atoms with Gasteiger partial charge in [-0.2, -0.15) is 0 Å². The highest BCUT2D eigenvalue weighted by atomic mass is 16.7. The van der Waals surface area contributed by atoms with E-state index in [9.17, 15) is 29.7 Å². The van der Waals surface area contributed by atoms with Crippen molar-refractivity contribution in [1.82, 2.24) is 0 Å². The molecule has 1 unspecified atom stereocenters. The van der Waals surface area contributed by atoms with Crippen LogP contribution in [0.3, 0.4) is 0 Å². The zero-order valence-electron chi connectivity index (χ0n) is 21.6. The lowest BCUT2D eigenvalue weighted by atomic mass is 9.94. The number of carbonyl (C=O) groups is 1. The number of esters is 1. The van der Waals surface area contributed by atoms with Gasteiger partial charge in [-0.05, 0) is 77.7 Å². The molecule has 0 bridgehead atoms. The summed E-state index contributed by atoms with van der Waals surface area (Å²) in [6.07, 6.45) is 0.560. The van der Waals surface area contributed by atoms with Crippen LogP contribution in [0, 0.1) is 0 Å². The van der Waals surface area contributed by atoms with Gasteiger partial charge in [0.15, 0.2) is 0 Å². The molecule has 4 heterocycles. The third kappa shape index (κ3) is 4.35. The number of benzene rings is 3. The molecule has 1 atom stereocenters. The lowest BCUT2D eigenvalue weighted by Crippen LogP contribution is -2.34. The van der Waals surface area contributed by atoms with Gasteiger partial charge in [-0.3, -0.25) is 0 Å². The Morgan fingerprint density at radius 2 is 1.29 bits per heavy atom. The molecule has 0 fully saturated rings. The molecule has 2 aliphatic heterocycles. The first-order valence-electron chi connectivity index (χ1n) is 12.9. The minimum absolute atomic E-state index is 0.0282. The Morgan fingerprint density at radius 3 is 1.93 bits per heavy atom. The molecule has 0 saturated heterocycles. The maximum Gasteiger partial charge on any atom is 0.337 e. The molecule has 2 aliphatic rings. The Hall–Kier alpha value is -5.77. The maximum absolute atomic E-state index is 12.9. The van der Waals surface area contributed by atoms with Gasteiger partial charge in [0.2, 0.25) is 0 Å². The second kappa shape index (κ2) is 9.41. The van der Waals surface area contributed by atoms with Crippen molar-refractivity contribution in [3.05, 3.63) is 127 Å². The molecule has 7 rings (SSSR count). The monoisotopic (exact) mass is 564 g/mol. The number of aliphatic hydroxyl groups excluding tert-OH is 1. The van der Waals surface area contributed by atoms with E-state index in [0.29, 0.717) is 38.8 Å². The molecule has 0 aliphatic carbocycles. The van der Waals surface area contributed by atoms with Gasteiger partial charge in [-0.15, -0.1) is 0 Å². The average molecular weight is 565 g/mol. The van der Waals surface area contributed by atoms with E-state index in [2.05, 4.69) is 0 Å². The molecule has 5 aromatic rings. The van der Waals surface area contributed by atoms with Crippen LogP contribution in [0.4, 0.5) is 0 Å². The van der Waals surface area contributed by atoms with Gasteiger partial charge < -0.3 is 33.6 Å². The minimum Gasteiger partial charge on any atom is -0.508 e. The molecular weight excluding hydrogens is 544 g/mol. The van der Waals surface area contributed by atoms with E-state index in [4.69, 9.17) is 18.3 Å². The van der Waals surface area contributed by atoms with Crippen molar-refractivity contribution in [1.29, 1.82) is 0 Å². The molecule has 10 nitrogen and oxygen atoms in total. The highest BCUT2D eigenvalue weighted by Crippen LogP contribution is 2.39. The molecule has 3 N–H and O–H groups in total. The number of rotatable bonds is 4. The summed E-state index contributed by atoms with van der Waals surface area (Å²) in [6, 6.07) is 16.5. The molecule has 0 amide bonds. The summed E-state index contributed by atoms with van der Waals surface area (Å²) < 4.78 is 21.8. The summed E-state index contributed by atoms with van der Waals surface area (Å²) in [7, 11) is 0. The van der Waals surface area contributed by atoms with E-state index in [1.165, 1.54) is 54.6 Å². The fourth-order valence-corrected chi connectivity index (χ4v) is 5.34. The largest absolute Gasteiger partial charge is 0.508 e. The lowest BCUT2D eigenvalue weighted by Gasteiger charge is -2.30. The number of phenols is 2. The third-order valence-electron chi connectivity index (χ3n) is 7.27. The fourth-order valence-electron chi connectivity index (χ4n) is 5.34. The number of hydrogen-bond donors (Lipinski definition) is 3. The molecule has 42 heavy (non-hydrogen) atoms. The van der Waals surface area contributed by atoms with Crippen LogP contribution < -0.4 is 16.0 Å². The van der Waals surface area contributed by atoms with Gasteiger partial charge >= 0.3 is 17.2 Å². The Kier molecular flexibility index (Phi) is 5.65. The fraction of sp³-hybridized carbons (Fsp3) is 0.0938. The van der Waals surface area contributed by atoms with E-state index in [-0.39, 0.29) is 46.8 Å². The van der Waals surface area contributed by atoms with Crippen LogP contribution >= 0.6 is 0 Å². The van der Waals surface area contributed by atoms with Gasteiger partial charge in [0.05, 0.1) is 11.1 Å². The number of ether oxygens (including phenoxy) is 2. The Bertz CT molecular complexity index is 2150. The number of aromatic hydroxyl groups is 2. The second-order valence-corrected chi connectivity index (χ2v) is 10.1. The van der Waals surface area contributed by atoms with Gasteiger partial charge in [0, 0.05) is 34.9 Å².